The number of piperazine rings is 1. The minimum Gasteiger partial charge on any atom is -0.504 e. The zero-order valence-electron chi connectivity index (χ0n) is 18.5. The first-order chi connectivity index (χ1) is 16.5. The number of hydrogen-bond acceptors (Lipinski definition) is 7. The van der Waals surface area contributed by atoms with E-state index in [1.165, 1.54) is 4.90 Å². The molecule has 2 aliphatic rings. The first-order valence-electron chi connectivity index (χ1n) is 10.8. The Balaban J connectivity index is 1.44. The number of hydrogen-bond donors (Lipinski definition) is 2. The lowest BCUT2D eigenvalue weighted by Crippen LogP contribution is -2.48. The van der Waals surface area contributed by atoms with Crippen LogP contribution in [-0.2, 0) is 0 Å². The van der Waals surface area contributed by atoms with E-state index in [1.54, 1.807) is 25.3 Å². The topological polar surface area (TPSA) is 111 Å². The van der Waals surface area contributed by atoms with E-state index < -0.39 is 6.09 Å². The summed E-state index contributed by atoms with van der Waals surface area (Å²) in [6.45, 7) is 2.64. The number of aromatic hydroxyl groups is 1. The zero-order valence-corrected chi connectivity index (χ0v) is 18.5. The van der Waals surface area contributed by atoms with Gasteiger partial charge < -0.3 is 24.3 Å². The van der Waals surface area contributed by atoms with Gasteiger partial charge >= 0.3 is 6.09 Å². The van der Waals surface area contributed by atoms with Gasteiger partial charge in [0, 0.05) is 37.8 Å². The minimum absolute atomic E-state index is 0.00224. The van der Waals surface area contributed by atoms with Gasteiger partial charge in [-0.15, -0.1) is 10.2 Å². The fraction of sp³-hybridized carbons (Fsp3) is 0.240. The highest BCUT2D eigenvalue weighted by Gasteiger charge is 2.21. The summed E-state index contributed by atoms with van der Waals surface area (Å²) in [5.74, 6) is 7.06. The summed E-state index contributed by atoms with van der Waals surface area (Å²) < 4.78 is 11.5. The molecule has 9 heteroatoms. The van der Waals surface area contributed by atoms with Crippen LogP contribution >= 0.6 is 0 Å². The molecule has 9 nitrogen and oxygen atoms in total. The van der Waals surface area contributed by atoms with Crippen LogP contribution in [0.25, 0.3) is 22.7 Å². The van der Waals surface area contributed by atoms with Gasteiger partial charge in [0.25, 0.3) is 0 Å². The van der Waals surface area contributed by atoms with E-state index in [-0.39, 0.29) is 11.5 Å². The monoisotopic (exact) mass is 458 g/mol. The smallest absolute Gasteiger partial charge is 0.407 e. The molecule has 2 aliphatic heterocycles. The number of azo groups is 1. The second-order valence-corrected chi connectivity index (χ2v) is 7.93. The van der Waals surface area contributed by atoms with Crippen molar-refractivity contribution >= 4 is 34.5 Å². The molecule has 3 aromatic rings. The molecule has 0 unspecified atom stereocenters. The van der Waals surface area contributed by atoms with Crippen molar-refractivity contribution in [1.82, 2.24) is 9.80 Å². The lowest BCUT2D eigenvalue weighted by molar-refractivity contribution is 0.111. The fourth-order valence-electron chi connectivity index (χ4n) is 4.04. The summed E-state index contributed by atoms with van der Waals surface area (Å²) in [6.07, 6.45) is 0.768. The van der Waals surface area contributed by atoms with E-state index in [1.807, 2.05) is 24.3 Å². The average Bonchev–Trinajstić information content (AvgIpc) is 3.41. The van der Waals surface area contributed by atoms with Crippen LogP contribution in [-0.4, -0.2) is 65.9 Å². The first-order valence-corrected chi connectivity index (χ1v) is 10.8. The normalized spacial score (nSPS) is 16.5. The highest BCUT2D eigenvalue weighted by atomic mass is 16.5. The quantitative estimate of drug-likeness (QED) is 0.563. The first kappa shape index (κ1) is 21.6. The number of nitrogens with zero attached hydrogens (tertiary/aromatic N) is 4. The largest absolute Gasteiger partial charge is 0.504 e. The number of furan rings is 1. The molecule has 1 saturated heterocycles. The molecule has 0 aliphatic carbocycles. The molecule has 0 atom stereocenters. The number of methoxy groups -OCH3 is 1. The van der Waals surface area contributed by atoms with Crippen LogP contribution in [0.2, 0.25) is 0 Å². The third kappa shape index (κ3) is 3.95. The SMILES string of the molecule is COc1ccc2c(O)c(C=C3N=Nc4ccccc43)oc2c1C#CCN1CCN(C(=O)O)CC1. The minimum atomic E-state index is -0.895. The van der Waals surface area contributed by atoms with E-state index >= 15 is 0 Å². The van der Waals surface area contributed by atoms with Crippen molar-refractivity contribution in [1.29, 1.82) is 0 Å². The highest BCUT2D eigenvalue weighted by Crippen LogP contribution is 2.41. The molecule has 172 valence electrons. The van der Waals surface area contributed by atoms with E-state index in [0.717, 1.165) is 11.3 Å². The molecule has 0 spiro atoms. The van der Waals surface area contributed by atoms with Gasteiger partial charge in [0.05, 0.1) is 30.4 Å². The predicted molar refractivity (Wildman–Crippen MR) is 126 cm³/mol. The fourth-order valence-corrected chi connectivity index (χ4v) is 4.04. The Kier molecular flexibility index (Phi) is 5.65. The summed E-state index contributed by atoms with van der Waals surface area (Å²) >= 11 is 0. The van der Waals surface area contributed by atoms with Crippen LogP contribution in [0.4, 0.5) is 10.5 Å². The summed E-state index contributed by atoms with van der Waals surface area (Å²) in [7, 11) is 1.55. The van der Waals surface area contributed by atoms with Crippen LogP contribution in [0.1, 0.15) is 16.9 Å². The molecule has 0 bridgehead atoms. The maximum Gasteiger partial charge on any atom is 0.407 e. The van der Waals surface area contributed by atoms with Gasteiger partial charge in [-0.3, -0.25) is 4.90 Å². The number of carbonyl (C=O) groups is 1. The molecular weight excluding hydrogens is 436 g/mol. The number of benzene rings is 2. The molecule has 0 saturated carbocycles. The van der Waals surface area contributed by atoms with Gasteiger partial charge in [0.2, 0.25) is 0 Å². The van der Waals surface area contributed by atoms with Crippen molar-refractivity contribution in [3.05, 3.63) is 53.3 Å². The molecule has 3 heterocycles. The second kappa shape index (κ2) is 8.92. The standard InChI is InChI=1S/C25H22N4O5/c1-33-21-9-8-18-23(30)22(15-20-16-5-2-3-7-19(16)26-27-20)34-24(18)17(21)6-4-10-28-11-13-29(14-12-28)25(31)32/h2-3,5,7-9,15,30H,10-14H2,1H3,(H,31,32). The maximum absolute atomic E-state index is 11.1. The summed E-state index contributed by atoms with van der Waals surface area (Å²) in [5, 5.41) is 28.8. The van der Waals surface area contributed by atoms with Crippen LogP contribution in [0, 0.1) is 11.8 Å². The van der Waals surface area contributed by atoms with Crippen LogP contribution in [0.3, 0.4) is 0 Å². The highest BCUT2D eigenvalue weighted by molar-refractivity contribution is 5.96. The van der Waals surface area contributed by atoms with Gasteiger partial charge in [-0.1, -0.05) is 30.0 Å². The predicted octanol–water partition coefficient (Wildman–Crippen LogP) is 4.39. The van der Waals surface area contributed by atoms with Crippen molar-refractivity contribution in [2.45, 2.75) is 0 Å². The Labute approximate surface area is 195 Å². The number of amides is 1. The summed E-state index contributed by atoms with van der Waals surface area (Å²) in [6, 6.07) is 11.1. The second-order valence-electron chi connectivity index (χ2n) is 7.93. The lowest BCUT2D eigenvalue weighted by Gasteiger charge is -2.31. The van der Waals surface area contributed by atoms with Crippen molar-refractivity contribution in [2.75, 3.05) is 39.8 Å². The van der Waals surface area contributed by atoms with E-state index in [4.69, 9.17) is 14.3 Å². The Hall–Kier alpha value is -4.29. The number of fused-ring (bicyclic) bond motifs is 2. The molecule has 1 aromatic heterocycles. The van der Waals surface area contributed by atoms with Crippen molar-refractivity contribution < 1.29 is 24.2 Å². The third-order valence-corrected chi connectivity index (χ3v) is 5.91. The van der Waals surface area contributed by atoms with Gasteiger partial charge in [-0.05, 0) is 18.2 Å². The molecule has 2 aromatic carbocycles. The average molecular weight is 458 g/mol. The zero-order chi connectivity index (χ0) is 23.7. The van der Waals surface area contributed by atoms with Crippen LogP contribution in [0.15, 0.2) is 51.0 Å². The Bertz CT molecular complexity index is 1390. The molecule has 1 fully saturated rings. The van der Waals surface area contributed by atoms with Crippen molar-refractivity contribution in [3.8, 4) is 23.3 Å². The molecule has 5 rings (SSSR count). The van der Waals surface area contributed by atoms with Gasteiger partial charge in [-0.25, -0.2) is 4.79 Å². The third-order valence-electron chi connectivity index (χ3n) is 5.91. The Morgan fingerprint density at radius 1 is 1.18 bits per heavy atom. The van der Waals surface area contributed by atoms with Gasteiger partial charge in [0.15, 0.2) is 17.1 Å². The van der Waals surface area contributed by atoms with Crippen LogP contribution < -0.4 is 4.74 Å². The molecule has 34 heavy (non-hydrogen) atoms. The molecule has 2 N–H and O–H groups in total. The van der Waals surface area contributed by atoms with E-state index in [0.29, 0.717) is 60.7 Å². The van der Waals surface area contributed by atoms with E-state index in [2.05, 4.69) is 27.0 Å². The van der Waals surface area contributed by atoms with Gasteiger partial charge in [-0.2, -0.15) is 0 Å². The molecular formula is C25H22N4O5. The van der Waals surface area contributed by atoms with E-state index in [9.17, 15) is 9.90 Å². The Morgan fingerprint density at radius 2 is 1.97 bits per heavy atom. The number of ether oxygens (including phenoxy) is 1. The maximum atomic E-state index is 11.1. The molecule has 0 radical (unpaired) electrons. The van der Waals surface area contributed by atoms with Gasteiger partial charge in [0.1, 0.15) is 11.3 Å². The molecule has 1 amide bonds. The van der Waals surface area contributed by atoms with Crippen molar-refractivity contribution in [2.24, 2.45) is 10.2 Å². The Morgan fingerprint density at radius 3 is 2.74 bits per heavy atom. The van der Waals surface area contributed by atoms with Crippen molar-refractivity contribution in [3.63, 3.8) is 0 Å². The number of carboxylic acid groups (broad SMARTS) is 1. The summed E-state index contributed by atoms with van der Waals surface area (Å²) in [5.41, 5.74) is 3.20. The lowest BCUT2D eigenvalue weighted by atomic mass is 10.1. The number of rotatable bonds is 3. The van der Waals surface area contributed by atoms with Crippen LogP contribution in [0.5, 0.6) is 11.5 Å². The summed E-state index contributed by atoms with van der Waals surface area (Å²) in [4.78, 5) is 14.6.